The van der Waals surface area contributed by atoms with Gasteiger partial charge in [-0.05, 0) is 23.3 Å². The maximum Gasteiger partial charge on any atom is 0.307 e. The molecule has 4 heteroatoms. The molecule has 0 atom stereocenters. The van der Waals surface area contributed by atoms with Crippen molar-refractivity contribution in [3.05, 3.63) is 101 Å². The maximum absolute atomic E-state index is 12.4. The second kappa shape index (κ2) is 8.12. The van der Waals surface area contributed by atoms with E-state index >= 15 is 0 Å². The van der Waals surface area contributed by atoms with E-state index in [9.17, 15) is 9.59 Å². The van der Waals surface area contributed by atoms with Crippen molar-refractivity contribution in [1.29, 1.82) is 0 Å². The van der Waals surface area contributed by atoms with E-state index in [4.69, 9.17) is 9.84 Å². The molecule has 3 rings (SSSR count). The van der Waals surface area contributed by atoms with Crippen molar-refractivity contribution >= 4 is 11.8 Å². The minimum absolute atomic E-state index is 0.00279. The zero-order valence-electron chi connectivity index (χ0n) is 14.1. The van der Waals surface area contributed by atoms with Crippen molar-refractivity contribution in [2.75, 3.05) is 0 Å². The molecule has 0 unspecified atom stereocenters. The number of ether oxygens (including phenoxy) is 1. The van der Waals surface area contributed by atoms with E-state index in [-0.39, 0.29) is 12.2 Å². The number of ketones is 1. The molecule has 130 valence electrons. The van der Waals surface area contributed by atoms with Crippen molar-refractivity contribution in [2.24, 2.45) is 0 Å². The minimum atomic E-state index is -0.858. The molecule has 0 saturated carbocycles. The summed E-state index contributed by atoms with van der Waals surface area (Å²) in [4.78, 5) is 23.0. The van der Waals surface area contributed by atoms with Crippen LogP contribution < -0.4 is 4.74 Å². The standard InChI is InChI=1S/C22H18O4/c23-21(24)14-16-8-12-20(13-9-16)26-15-17-6-10-19(11-7-17)22(25)18-4-2-1-3-5-18/h1-13H,14-15H2,(H,23,24). The normalized spacial score (nSPS) is 10.3. The van der Waals surface area contributed by atoms with E-state index in [1.807, 2.05) is 30.3 Å². The topological polar surface area (TPSA) is 63.6 Å². The fourth-order valence-electron chi connectivity index (χ4n) is 2.55. The largest absolute Gasteiger partial charge is 0.489 e. The highest BCUT2D eigenvalue weighted by atomic mass is 16.5. The van der Waals surface area contributed by atoms with Crippen LogP contribution in [0.3, 0.4) is 0 Å². The molecule has 0 aliphatic carbocycles. The van der Waals surface area contributed by atoms with Crippen LogP contribution in [0.15, 0.2) is 78.9 Å². The quantitative estimate of drug-likeness (QED) is 0.654. The highest BCUT2D eigenvalue weighted by Gasteiger charge is 2.08. The lowest BCUT2D eigenvalue weighted by Crippen LogP contribution is -2.02. The number of carboxylic acid groups (broad SMARTS) is 1. The Bertz CT molecular complexity index is 882. The summed E-state index contributed by atoms with van der Waals surface area (Å²) in [6.45, 7) is 0.373. The van der Waals surface area contributed by atoms with Crippen LogP contribution in [-0.2, 0) is 17.8 Å². The molecular weight excluding hydrogens is 328 g/mol. The van der Waals surface area contributed by atoms with Crippen molar-refractivity contribution in [2.45, 2.75) is 13.0 Å². The number of hydrogen-bond acceptors (Lipinski definition) is 3. The van der Waals surface area contributed by atoms with Crippen molar-refractivity contribution in [3.63, 3.8) is 0 Å². The van der Waals surface area contributed by atoms with E-state index in [1.54, 1.807) is 48.5 Å². The van der Waals surface area contributed by atoms with Crippen LogP contribution in [0.5, 0.6) is 5.75 Å². The van der Waals surface area contributed by atoms with E-state index in [0.717, 1.165) is 11.1 Å². The predicted octanol–water partition coefficient (Wildman–Crippen LogP) is 4.12. The Balaban J connectivity index is 1.59. The summed E-state index contributed by atoms with van der Waals surface area (Å²) in [6, 6.07) is 23.5. The van der Waals surface area contributed by atoms with Crippen LogP contribution in [0.1, 0.15) is 27.0 Å². The summed E-state index contributed by atoms with van der Waals surface area (Å²) in [5.74, 6) is -0.195. The summed E-state index contributed by atoms with van der Waals surface area (Å²) in [5, 5.41) is 8.77. The number of carbonyl (C=O) groups excluding carboxylic acids is 1. The fourth-order valence-corrected chi connectivity index (χ4v) is 2.55. The Morgan fingerprint density at radius 3 is 1.92 bits per heavy atom. The Kier molecular flexibility index (Phi) is 5.44. The van der Waals surface area contributed by atoms with Crippen molar-refractivity contribution < 1.29 is 19.4 Å². The van der Waals surface area contributed by atoms with Crippen LogP contribution in [0.4, 0.5) is 0 Å². The Hall–Kier alpha value is -3.40. The Morgan fingerprint density at radius 1 is 0.731 bits per heavy atom. The van der Waals surface area contributed by atoms with Crippen LogP contribution >= 0.6 is 0 Å². The highest BCUT2D eigenvalue weighted by molar-refractivity contribution is 6.08. The zero-order valence-corrected chi connectivity index (χ0v) is 14.1. The molecule has 26 heavy (non-hydrogen) atoms. The lowest BCUT2D eigenvalue weighted by Gasteiger charge is -2.08. The van der Waals surface area contributed by atoms with Gasteiger partial charge in [0.1, 0.15) is 12.4 Å². The molecule has 0 spiro atoms. The van der Waals surface area contributed by atoms with Gasteiger partial charge in [0.25, 0.3) is 0 Å². The van der Waals surface area contributed by atoms with Gasteiger partial charge in [-0.1, -0.05) is 66.7 Å². The Morgan fingerprint density at radius 2 is 1.31 bits per heavy atom. The van der Waals surface area contributed by atoms with Gasteiger partial charge in [0.15, 0.2) is 5.78 Å². The molecule has 0 fully saturated rings. The smallest absolute Gasteiger partial charge is 0.307 e. The molecule has 1 N–H and O–H groups in total. The summed E-state index contributed by atoms with van der Waals surface area (Å²) in [6.07, 6.45) is -0.00279. The molecule has 0 amide bonds. The molecule has 0 bridgehead atoms. The molecule has 0 aliphatic rings. The van der Waals surface area contributed by atoms with Gasteiger partial charge in [-0.25, -0.2) is 0 Å². The predicted molar refractivity (Wildman–Crippen MR) is 98.4 cm³/mol. The van der Waals surface area contributed by atoms with Crippen LogP contribution in [-0.4, -0.2) is 16.9 Å². The lowest BCUT2D eigenvalue weighted by atomic mass is 10.0. The first-order valence-electron chi connectivity index (χ1n) is 8.24. The second-order valence-corrected chi connectivity index (χ2v) is 5.90. The average molecular weight is 346 g/mol. The summed E-state index contributed by atoms with van der Waals surface area (Å²) >= 11 is 0. The molecule has 3 aromatic rings. The number of rotatable bonds is 7. The van der Waals surface area contributed by atoms with Gasteiger partial charge in [-0.15, -0.1) is 0 Å². The first-order chi connectivity index (χ1) is 12.6. The van der Waals surface area contributed by atoms with E-state index in [2.05, 4.69) is 0 Å². The van der Waals surface area contributed by atoms with Gasteiger partial charge in [-0.2, -0.15) is 0 Å². The SMILES string of the molecule is O=C(O)Cc1ccc(OCc2ccc(C(=O)c3ccccc3)cc2)cc1. The number of aliphatic carboxylic acids is 1. The monoisotopic (exact) mass is 346 g/mol. The average Bonchev–Trinajstić information content (AvgIpc) is 2.67. The second-order valence-electron chi connectivity index (χ2n) is 5.90. The van der Waals surface area contributed by atoms with E-state index < -0.39 is 5.97 Å². The minimum Gasteiger partial charge on any atom is -0.489 e. The van der Waals surface area contributed by atoms with Gasteiger partial charge in [0, 0.05) is 11.1 Å². The van der Waals surface area contributed by atoms with E-state index in [1.165, 1.54) is 0 Å². The van der Waals surface area contributed by atoms with E-state index in [0.29, 0.717) is 23.5 Å². The summed E-state index contributed by atoms with van der Waals surface area (Å²) < 4.78 is 5.70. The number of carboxylic acids is 1. The van der Waals surface area contributed by atoms with Gasteiger partial charge in [0.2, 0.25) is 0 Å². The van der Waals surface area contributed by atoms with Gasteiger partial charge in [0.05, 0.1) is 6.42 Å². The van der Waals surface area contributed by atoms with Crippen LogP contribution in [0.25, 0.3) is 0 Å². The first kappa shape index (κ1) is 17.4. The summed E-state index contributed by atoms with van der Waals surface area (Å²) in [5.41, 5.74) is 2.98. The third kappa shape index (κ3) is 4.57. The van der Waals surface area contributed by atoms with Crippen molar-refractivity contribution in [3.8, 4) is 5.75 Å². The molecule has 3 aromatic carbocycles. The molecule has 0 aromatic heterocycles. The van der Waals surface area contributed by atoms with Gasteiger partial charge in [-0.3, -0.25) is 9.59 Å². The molecule has 0 radical (unpaired) electrons. The molecule has 4 nitrogen and oxygen atoms in total. The van der Waals surface area contributed by atoms with Crippen molar-refractivity contribution in [1.82, 2.24) is 0 Å². The maximum atomic E-state index is 12.4. The van der Waals surface area contributed by atoms with Crippen LogP contribution in [0, 0.1) is 0 Å². The molecule has 0 heterocycles. The fraction of sp³-hybridized carbons (Fsp3) is 0.0909. The molecule has 0 aliphatic heterocycles. The first-order valence-corrected chi connectivity index (χ1v) is 8.24. The Labute approximate surface area is 151 Å². The molecular formula is C22H18O4. The van der Waals surface area contributed by atoms with Gasteiger partial charge < -0.3 is 9.84 Å². The highest BCUT2D eigenvalue weighted by Crippen LogP contribution is 2.16. The third-order valence-corrected chi connectivity index (χ3v) is 3.94. The number of carbonyl (C=O) groups is 2. The lowest BCUT2D eigenvalue weighted by molar-refractivity contribution is -0.136. The number of benzene rings is 3. The van der Waals surface area contributed by atoms with Gasteiger partial charge >= 0.3 is 5.97 Å². The summed E-state index contributed by atoms with van der Waals surface area (Å²) in [7, 11) is 0. The van der Waals surface area contributed by atoms with Crippen LogP contribution in [0.2, 0.25) is 0 Å². The number of hydrogen-bond donors (Lipinski definition) is 1. The molecule has 0 saturated heterocycles. The zero-order chi connectivity index (χ0) is 18.4. The third-order valence-electron chi connectivity index (χ3n) is 3.94.